The number of hydrogen-bond acceptors (Lipinski definition) is 6. The third-order valence-electron chi connectivity index (χ3n) is 9.06. The lowest BCUT2D eigenvalue weighted by Crippen LogP contribution is -2.51. The van der Waals surface area contributed by atoms with Gasteiger partial charge in [0, 0.05) is 22.5 Å². The van der Waals surface area contributed by atoms with Crippen molar-refractivity contribution in [3.8, 4) is 11.5 Å². The van der Waals surface area contributed by atoms with Crippen LogP contribution in [-0.2, 0) is 10.2 Å². The maximum Gasteiger partial charge on any atom is 0.238 e. The average Bonchev–Trinajstić information content (AvgIpc) is 3.70. The lowest BCUT2D eigenvalue weighted by Gasteiger charge is -2.37. The van der Waals surface area contributed by atoms with Crippen LogP contribution in [0.4, 0.5) is 11.4 Å². The number of nitrogens with zero attached hydrogens (tertiary/aromatic N) is 1. The number of anilines is 2. The summed E-state index contributed by atoms with van der Waals surface area (Å²) in [5.74, 6) is -0.827. The Morgan fingerprint density at radius 3 is 2.50 bits per heavy atom. The van der Waals surface area contributed by atoms with Gasteiger partial charge >= 0.3 is 0 Å². The number of amides is 1. The molecule has 1 spiro atoms. The van der Waals surface area contributed by atoms with Crippen molar-refractivity contribution in [1.82, 2.24) is 0 Å². The second-order valence-electron chi connectivity index (χ2n) is 11.2. The van der Waals surface area contributed by atoms with Crippen LogP contribution in [0.3, 0.4) is 0 Å². The molecule has 4 aliphatic heterocycles. The third-order valence-corrected chi connectivity index (χ3v) is 9.06. The molecule has 4 atom stereocenters. The van der Waals surface area contributed by atoms with Crippen LogP contribution in [0.15, 0.2) is 97.1 Å². The molecule has 0 radical (unpaired) electrons. The summed E-state index contributed by atoms with van der Waals surface area (Å²) in [5, 5.41) is 3.07. The van der Waals surface area contributed by atoms with E-state index in [4.69, 9.17) is 9.47 Å². The van der Waals surface area contributed by atoms with Crippen LogP contribution in [0, 0.1) is 12.8 Å². The topological polar surface area (TPSA) is 84.9 Å². The molecule has 1 saturated heterocycles. The number of rotatable bonds is 4. The van der Waals surface area contributed by atoms with Gasteiger partial charge in [-0.15, -0.1) is 0 Å². The Morgan fingerprint density at radius 2 is 1.64 bits per heavy atom. The molecule has 0 unspecified atom stereocenters. The van der Waals surface area contributed by atoms with Crippen molar-refractivity contribution in [2.75, 3.05) is 17.0 Å². The number of aryl methyl sites for hydroxylation is 1. The Balaban J connectivity index is 1.42. The Kier molecular flexibility index (Phi) is 5.22. The van der Waals surface area contributed by atoms with Gasteiger partial charge < -0.3 is 19.7 Å². The number of hydrogen-bond donors (Lipinski definition) is 1. The van der Waals surface area contributed by atoms with Crippen LogP contribution in [0.2, 0.25) is 0 Å². The predicted molar refractivity (Wildman–Crippen MR) is 158 cm³/mol. The monoisotopic (exact) mass is 554 g/mol. The minimum atomic E-state index is -1.36. The highest BCUT2D eigenvalue weighted by molar-refractivity contribution is 6.18. The zero-order valence-electron chi connectivity index (χ0n) is 22.7. The van der Waals surface area contributed by atoms with Crippen LogP contribution in [0.5, 0.6) is 11.5 Å². The molecule has 42 heavy (non-hydrogen) atoms. The van der Waals surface area contributed by atoms with E-state index < -0.39 is 23.4 Å². The summed E-state index contributed by atoms with van der Waals surface area (Å²) in [6, 6.07) is 26.1. The number of ether oxygens (including phenoxy) is 2. The van der Waals surface area contributed by atoms with Gasteiger partial charge in [0.25, 0.3) is 0 Å². The number of carbonyl (C=O) groups excluding carboxylic acids is 3. The molecule has 0 aliphatic carbocycles. The number of para-hydroxylation sites is 1. The van der Waals surface area contributed by atoms with Crippen molar-refractivity contribution in [1.29, 1.82) is 0 Å². The molecular weight excluding hydrogens is 528 g/mol. The van der Waals surface area contributed by atoms with E-state index in [2.05, 4.69) is 5.32 Å². The molecule has 8 rings (SSSR count). The first-order valence-electron chi connectivity index (χ1n) is 14.0. The summed E-state index contributed by atoms with van der Waals surface area (Å²) >= 11 is 0. The minimum Gasteiger partial charge on any atom is -0.454 e. The van der Waals surface area contributed by atoms with E-state index in [0.29, 0.717) is 33.9 Å². The van der Waals surface area contributed by atoms with Crippen molar-refractivity contribution in [3.05, 3.63) is 125 Å². The van der Waals surface area contributed by atoms with Gasteiger partial charge in [0.05, 0.1) is 12.0 Å². The van der Waals surface area contributed by atoms with Gasteiger partial charge in [0.1, 0.15) is 11.5 Å². The molecule has 7 nitrogen and oxygen atoms in total. The van der Waals surface area contributed by atoms with Gasteiger partial charge in [0.2, 0.25) is 12.7 Å². The third kappa shape index (κ3) is 3.25. The van der Waals surface area contributed by atoms with Gasteiger partial charge in [-0.05, 0) is 53.9 Å². The van der Waals surface area contributed by atoms with E-state index in [1.807, 2.05) is 84.6 Å². The number of benzene rings is 4. The number of carbonyl (C=O) groups is 3. The van der Waals surface area contributed by atoms with Gasteiger partial charge in [-0.25, -0.2) is 0 Å². The maximum atomic E-state index is 15.0. The number of fused-ring (bicyclic) bond motifs is 7. The second-order valence-corrected chi connectivity index (χ2v) is 11.2. The van der Waals surface area contributed by atoms with Gasteiger partial charge in [0.15, 0.2) is 23.1 Å². The zero-order valence-corrected chi connectivity index (χ0v) is 22.7. The van der Waals surface area contributed by atoms with Gasteiger partial charge in [-0.1, -0.05) is 72.8 Å². The van der Waals surface area contributed by atoms with Crippen molar-refractivity contribution >= 4 is 34.9 Å². The van der Waals surface area contributed by atoms with E-state index in [1.165, 1.54) is 0 Å². The van der Waals surface area contributed by atoms with Crippen molar-refractivity contribution < 1.29 is 23.9 Å². The minimum absolute atomic E-state index is 0.0715. The van der Waals surface area contributed by atoms with Crippen molar-refractivity contribution in [3.63, 3.8) is 0 Å². The fourth-order valence-corrected chi connectivity index (χ4v) is 7.28. The molecule has 4 aromatic rings. The molecule has 4 aromatic carbocycles. The first-order valence-corrected chi connectivity index (χ1v) is 14.0. The fourth-order valence-electron chi connectivity index (χ4n) is 7.28. The summed E-state index contributed by atoms with van der Waals surface area (Å²) in [6.45, 7) is 2.07. The molecule has 0 bridgehead atoms. The molecule has 0 aromatic heterocycles. The number of nitrogens with one attached hydrogen (secondary N) is 1. The summed E-state index contributed by atoms with van der Waals surface area (Å²) in [5.41, 5.74) is 3.63. The van der Waals surface area contributed by atoms with Crippen LogP contribution < -0.4 is 19.7 Å². The Morgan fingerprint density at radius 1 is 0.857 bits per heavy atom. The first kappa shape index (κ1) is 24.6. The lowest BCUT2D eigenvalue weighted by molar-refractivity contribution is -0.121. The Hall–Kier alpha value is -5.17. The summed E-state index contributed by atoms with van der Waals surface area (Å²) < 4.78 is 11.1. The highest BCUT2D eigenvalue weighted by Crippen LogP contribution is 2.58. The Bertz CT molecular complexity index is 1850. The molecule has 0 saturated carbocycles. The fraction of sp³-hybridized carbons (Fsp3) is 0.171. The SMILES string of the molecule is Cc1ccc2c(c1)N1[C@H](C(=O)c3ccccc3)[C@H](C(=O)c3ccc4c(c3)OCO4)[C@@]3(C(=O)Nc4ccccc43)[C@H]1C=C2. The van der Waals surface area contributed by atoms with Crippen LogP contribution >= 0.6 is 0 Å². The molecule has 206 valence electrons. The van der Waals surface area contributed by atoms with E-state index in [9.17, 15) is 14.4 Å². The molecular formula is C35H26N2O5. The normalized spacial score (nSPS) is 24.3. The van der Waals surface area contributed by atoms with Crippen LogP contribution in [-0.4, -0.2) is 36.4 Å². The molecule has 7 heteroatoms. The van der Waals surface area contributed by atoms with Crippen LogP contribution in [0.25, 0.3) is 6.08 Å². The molecule has 1 fully saturated rings. The highest BCUT2D eigenvalue weighted by atomic mass is 16.7. The Labute approximate surface area is 242 Å². The summed E-state index contributed by atoms with van der Waals surface area (Å²) in [6.07, 6.45) is 3.99. The second kappa shape index (κ2) is 8.91. The predicted octanol–water partition coefficient (Wildman–Crippen LogP) is 5.58. The zero-order chi connectivity index (χ0) is 28.6. The lowest BCUT2D eigenvalue weighted by atomic mass is 9.64. The summed E-state index contributed by atoms with van der Waals surface area (Å²) in [7, 11) is 0. The largest absolute Gasteiger partial charge is 0.454 e. The van der Waals surface area contributed by atoms with E-state index in [-0.39, 0.29) is 24.3 Å². The highest BCUT2D eigenvalue weighted by Gasteiger charge is 2.70. The molecule has 4 aliphatic rings. The van der Waals surface area contributed by atoms with E-state index >= 15 is 0 Å². The van der Waals surface area contributed by atoms with Crippen molar-refractivity contribution in [2.45, 2.75) is 24.4 Å². The first-order chi connectivity index (χ1) is 20.5. The molecule has 1 N–H and O–H groups in total. The van der Waals surface area contributed by atoms with E-state index in [1.54, 1.807) is 30.3 Å². The van der Waals surface area contributed by atoms with Crippen LogP contribution in [0.1, 0.15) is 37.4 Å². The number of ketones is 2. The smallest absolute Gasteiger partial charge is 0.238 e. The quantitative estimate of drug-likeness (QED) is 0.332. The summed E-state index contributed by atoms with van der Waals surface area (Å²) in [4.78, 5) is 46.1. The van der Waals surface area contributed by atoms with Crippen molar-refractivity contribution in [2.24, 2.45) is 5.92 Å². The van der Waals surface area contributed by atoms with Gasteiger partial charge in [-0.2, -0.15) is 0 Å². The number of Topliss-reactive ketones (excluding diaryl/α,β-unsaturated/α-hetero) is 2. The maximum absolute atomic E-state index is 15.0. The average molecular weight is 555 g/mol. The molecule has 1 amide bonds. The standard InChI is InChI=1S/C35H26N2O5/c1-20-11-12-21-14-16-29-35(24-9-5-6-10-25(24)36-34(35)40)30(32(38)23-13-15-27-28(18-23)42-19-41-27)31(37(29)26(21)17-20)33(39)22-7-3-2-4-8-22/h2-18,29-31H,19H2,1H3,(H,36,40)/t29-,30-,31+,35+/m1/s1. The van der Waals surface area contributed by atoms with E-state index in [0.717, 1.165) is 16.8 Å². The van der Waals surface area contributed by atoms with Gasteiger partial charge in [-0.3, -0.25) is 14.4 Å². The molecule has 4 heterocycles.